The van der Waals surface area contributed by atoms with E-state index in [4.69, 9.17) is 12.3 Å². The highest BCUT2D eigenvalue weighted by Crippen LogP contribution is 2.19. The van der Waals surface area contributed by atoms with E-state index < -0.39 is 0 Å². The lowest BCUT2D eigenvalue weighted by Gasteiger charge is -2.13. The number of benzene rings is 1. The first-order valence-corrected chi connectivity index (χ1v) is 4.72. The Morgan fingerprint density at radius 1 is 1.62 bits per heavy atom. The van der Waals surface area contributed by atoms with E-state index in [1.165, 1.54) is 0 Å². The molecule has 0 aliphatic heterocycles. The van der Waals surface area contributed by atoms with E-state index >= 15 is 0 Å². The molecule has 0 radical (unpaired) electrons. The molecule has 13 heavy (non-hydrogen) atoms. The molecule has 1 unspecified atom stereocenters. The molecule has 0 heterocycles. The number of terminal acetylenes is 1. The van der Waals surface area contributed by atoms with Gasteiger partial charge in [-0.05, 0) is 17.7 Å². The number of hydrogen-bond donors (Lipinski definition) is 2. The van der Waals surface area contributed by atoms with Crippen molar-refractivity contribution in [1.82, 2.24) is 5.43 Å². The summed E-state index contributed by atoms with van der Waals surface area (Å²) in [4.78, 5) is 0. The summed E-state index contributed by atoms with van der Waals surface area (Å²) >= 11 is 3.39. The van der Waals surface area contributed by atoms with Crippen LogP contribution in [0.2, 0.25) is 0 Å². The normalized spacial score (nSPS) is 12.1. The lowest BCUT2D eigenvalue weighted by Crippen LogP contribution is -2.27. The summed E-state index contributed by atoms with van der Waals surface area (Å²) in [5, 5.41) is 0. The Bertz CT molecular complexity index is 317. The SMILES string of the molecule is C#CCC(NN)c1cccc(Br)c1. The Hall–Kier alpha value is -0.820. The van der Waals surface area contributed by atoms with E-state index in [-0.39, 0.29) is 6.04 Å². The van der Waals surface area contributed by atoms with Crippen LogP contribution in [-0.4, -0.2) is 0 Å². The van der Waals surface area contributed by atoms with Gasteiger partial charge >= 0.3 is 0 Å². The fourth-order valence-corrected chi connectivity index (χ4v) is 1.53. The standard InChI is InChI=1S/C10H11BrN2/c1-2-4-10(13-12)8-5-3-6-9(11)7-8/h1,3,5-7,10,13H,4,12H2. The lowest BCUT2D eigenvalue weighted by atomic mass is 10.1. The molecule has 3 heteroatoms. The Morgan fingerprint density at radius 3 is 2.92 bits per heavy atom. The Balaban J connectivity index is 2.86. The monoisotopic (exact) mass is 238 g/mol. The van der Waals surface area contributed by atoms with Gasteiger partial charge in [0.2, 0.25) is 0 Å². The number of nitrogens with one attached hydrogen (secondary N) is 1. The third kappa shape index (κ3) is 2.85. The minimum atomic E-state index is 0.0301. The van der Waals surface area contributed by atoms with Crippen molar-refractivity contribution in [3.8, 4) is 12.3 Å². The van der Waals surface area contributed by atoms with Crippen molar-refractivity contribution < 1.29 is 0 Å². The van der Waals surface area contributed by atoms with Crippen LogP contribution in [0.15, 0.2) is 28.7 Å². The Kier molecular flexibility index (Phi) is 3.97. The van der Waals surface area contributed by atoms with Gasteiger partial charge in [-0.2, -0.15) is 0 Å². The molecular formula is C10H11BrN2. The van der Waals surface area contributed by atoms with Crippen LogP contribution in [0.25, 0.3) is 0 Å². The summed E-state index contributed by atoms with van der Waals surface area (Å²) in [5.74, 6) is 7.96. The van der Waals surface area contributed by atoms with Crippen LogP contribution in [0.3, 0.4) is 0 Å². The van der Waals surface area contributed by atoms with Crippen LogP contribution in [0.1, 0.15) is 18.0 Å². The quantitative estimate of drug-likeness (QED) is 0.481. The first kappa shape index (κ1) is 10.3. The summed E-state index contributed by atoms with van der Waals surface area (Å²) in [7, 11) is 0. The van der Waals surface area contributed by atoms with E-state index in [1.54, 1.807) is 0 Å². The van der Waals surface area contributed by atoms with Crippen molar-refractivity contribution in [2.45, 2.75) is 12.5 Å². The molecule has 0 amide bonds. The van der Waals surface area contributed by atoms with Crippen LogP contribution in [-0.2, 0) is 0 Å². The van der Waals surface area contributed by atoms with Crippen molar-refractivity contribution in [3.63, 3.8) is 0 Å². The number of hydrazine groups is 1. The van der Waals surface area contributed by atoms with Crippen molar-refractivity contribution in [2.75, 3.05) is 0 Å². The summed E-state index contributed by atoms with van der Waals surface area (Å²) in [6, 6.07) is 7.95. The summed E-state index contributed by atoms with van der Waals surface area (Å²) < 4.78 is 1.03. The fraction of sp³-hybridized carbons (Fsp3) is 0.200. The predicted molar refractivity (Wildman–Crippen MR) is 57.7 cm³/mol. The Labute approximate surface area is 86.6 Å². The second-order valence-corrected chi connectivity index (χ2v) is 3.60. The minimum Gasteiger partial charge on any atom is -0.271 e. The van der Waals surface area contributed by atoms with E-state index in [9.17, 15) is 0 Å². The molecule has 0 aliphatic carbocycles. The van der Waals surface area contributed by atoms with Crippen molar-refractivity contribution in [3.05, 3.63) is 34.3 Å². The smallest absolute Gasteiger partial charge is 0.0569 e. The zero-order chi connectivity index (χ0) is 9.68. The molecule has 0 fully saturated rings. The first-order chi connectivity index (χ1) is 6.27. The Morgan fingerprint density at radius 2 is 2.38 bits per heavy atom. The second kappa shape index (κ2) is 5.03. The summed E-state index contributed by atoms with van der Waals surface area (Å²) in [6.45, 7) is 0. The fourth-order valence-electron chi connectivity index (χ4n) is 1.11. The molecular weight excluding hydrogens is 228 g/mol. The molecule has 0 spiro atoms. The highest BCUT2D eigenvalue weighted by atomic mass is 79.9. The highest BCUT2D eigenvalue weighted by molar-refractivity contribution is 9.10. The maximum absolute atomic E-state index is 5.38. The summed E-state index contributed by atoms with van der Waals surface area (Å²) in [5.41, 5.74) is 3.78. The number of nitrogens with two attached hydrogens (primary N) is 1. The van der Waals surface area contributed by atoms with Crippen LogP contribution in [0.5, 0.6) is 0 Å². The molecule has 3 N–H and O–H groups in total. The highest BCUT2D eigenvalue weighted by Gasteiger charge is 2.07. The lowest BCUT2D eigenvalue weighted by molar-refractivity contribution is 0.568. The third-order valence-corrected chi connectivity index (χ3v) is 2.27. The van der Waals surface area contributed by atoms with Gasteiger partial charge in [0.1, 0.15) is 0 Å². The van der Waals surface area contributed by atoms with Crippen molar-refractivity contribution >= 4 is 15.9 Å². The largest absolute Gasteiger partial charge is 0.271 e. The number of rotatable bonds is 3. The van der Waals surface area contributed by atoms with Crippen LogP contribution < -0.4 is 11.3 Å². The van der Waals surface area contributed by atoms with Crippen LogP contribution in [0, 0.1) is 12.3 Å². The third-order valence-electron chi connectivity index (χ3n) is 1.77. The molecule has 0 aromatic heterocycles. The first-order valence-electron chi connectivity index (χ1n) is 3.93. The van der Waals surface area contributed by atoms with Gasteiger partial charge in [0.25, 0.3) is 0 Å². The van der Waals surface area contributed by atoms with E-state index in [2.05, 4.69) is 27.3 Å². The maximum Gasteiger partial charge on any atom is 0.0569 e. The van der Waals surface area contributed by atoms with Gasteiger partial charge in [0, 0.05) is 10.9 Å². The zero-order valence-electron chi connectivity index (χ0n) is 7.13. The van der Waals surface area contributed by atoms with E-state index in [1.807, 2.05) is 24.3 Å². The molecule has 1 atom stereocenters. The van der Waals surface area contributed by atoms with Gasteiger partial charge in [0.15, 0.2) is 0 Å². The van der Waals surface area contributed by atoms with Gasteiger partial charge in [-0.25, -0.2) is 0 Å². The van der Waals surface area contributed by atoms with Gasteiger partial charge in [0.05, 0.1) is 6.04 Å². The van der Waals surface area contributed by atoms with Crippen molar-refractivity contribution in [2.24, 2.45) is 5.84 Å². The van der Waals surface area contributed by atoms with E-state index in [0.717, 1.165) is 10.0 Å². The van der Waals surface area contributed by atoms with Gasteiger partial charge in [-0.3, -0.25) is 11.3 Å². The molecule has 1 rings (SSSR count). The average molecular weight is 239 g/mol. The van der Waals surface area contributed by atoms with Crippen molar-refractivity contribution in [1.29, 1.82) is 0 Å². The van der Waals surface area contributed by atoms with Gasteiger partial charge in [-0.1, -0.05) is 28.1 Å². The molecule has 0 bridgehead atoms. The summed E-state index contributed by atoms with van der Waals surface area (Å²) in [6.07, 6.45) is 5.81. The molecule has 68 valence electrons. The molecule has 0 saturated heterocycles. The molecule has 1 aromatic rings. The van der Waals surface area contributed by atoms with Crippen LogP contribution >= 0.6 is 15.9 Å². The van der Waals surface area contributed by atoms with Gasteiger partial charge < -0.3 is 0 Å². The van der Waals surface area contributed by atoms with E-state index in [0.29, 0.717) is 6.42 Å². The number of hydrogen-bond acceptors (Lipinski definition) is 2. The molecule has 0 aliphatic rings. The second-order valence-electron chi connectivity index (χ2n) is 2.68. The predicted octanol–water partition coefficient (Wildman–Crippen LogP) is 1.98. The maximum atomic E-state index is 5.38. The van der Waals surface area contributed by atoms with Crippen LogP contribution in [0.4, 0.5) is 0 Å². The van der Waals surface area contributed by atoms with Gasteiger partial charge in [-0.15, -0.1) is 12.3 Å². The number of halogens is 1. The molecule has 2 nitrogen and oxygen atoms in total. The zero-order valence-corrected chi connectivity index (χ0v) is 8.71. The molecule has 1 aromatic carbocycles. The topological polar surface area (TPSA) is 38.0 Å². The minimum absolute atomic E-state index is 0.0301. The average Bonchev–Trinajstić information content (AvgIpc) is 2.14. The molecule has 0 saturated carbocycles.